The van der Waals surface area contributed by atoms with E-state index in [4.69, 9.17) is 5.26 Å². The number of tetrazole rings is 1. The fourth-order valence-corrected chi connectivity index (χ4v) is 1.40. The Morgan fingerprint density at radius 3 is 2.59 bits per heavy atom. The third-order valence-corrected chi connectivity index (χ3v) is 2.31. The van der Waals surface area contributed by atoms with E-state index in [1.807, 2.05) is 49.3 Å². The SMILES string of the molecule is CN(C)c1ccc(-c2nnn(CC#N)n2)cc1. The minimum atomic E-state index is 0.114. The molecule has 1 aromatic heterocycles. The maximum atomic E-state index is 8.51. The zero-order valence-electron chi connectivity index (χ0n) is 9.70. The summed E-state index contributed by atoms with van der Waals surface area (Å²) < 4.78 is 0. The molecule has 17 heavy (non-hydrogen) atoms. The highest BCUT2D eigenvalue weighted by Gasteiger charge is 2.05. The number of anilines is 1. The van der Waals surface area contributed by atoms with E-state index in [2.05, 4.69) is 15.4 Å². The predicted octanol–water partition coefficient (Wildman–Crippen LogP) is 0.930. The van der Waals surface area contributed by atoms with Crippen LogP contribution in [-0.4, -0.2) is 34.3 Å². The van der Waals surface area contributed by atoms with Crippen molar-refractivity contribution in [3.05, 3.63) is 24.3 Å². The van der Waals surface area contributed by atoms with Crippen LogP contribution in [-0.2, 0) is 6.54 Å². The van der Waals surface area contributed by atoms with Gasteiger partial charge in [-0.1, -0.05) is 0 Å². The van der Waals surface area contributed by atoms with E-state index in [1.165, 1.54) is 4.80 Å². The lowest BCUT2D eigenvalue weighted by atomic mass is 10.2. The molecule has 0 unspecified atom stereocenters. The van der Waals surface area contributed by atoms with Crippen molar-refractivity contribution in [3.63, 3.8) is 0 Å². The van der Waals surface area contributed by atoms with Crippen molar-refractivity contribution in [2.75, 3.05) is 19.0 Å². The van der Waals surface area contributed by atoms with Gasteiger partial charge in [-0.3, -0.25) is 0 Å². The van der Waals surface area contributed by atoms with Gasteiger partial charge in [-0.05, 0) is 29.5 Å². The topological polar surface area (TPSA) is 70.6 Å². The number of aromatic nitrogens is 4. The minimum Gasteiger partial charge on any atom is -0.378 e. The van der Waals surface area contributed by atoms with Crippen molar-refractivity contribution in [1.82, 2.24) is 20.2 Å². The van der Waals surface area contributed by atoms with Crippen LogP contribution in [0.2, 0.25) is 0 Å². The molecule has 0 N–H and O–H groups in total. The Hall–Kier alpha value is -2.42. The molecular formula is C11H12N6. The predicted molar refractivity (Wildman–Crippen MR) is 63.2 cm³/mol. The summed E-state index contributed by atoms with van der Waals surface area (Å²) in [4.78, 5) is 3.29. The number of rotatable bonds is 3. The Balaban J connectivity index is 2.24. The molecule has 86 valence electrons. The van der Waals surface area contributed by atoms with Crippen molar-refractivity contribution in [2.24, 2.45) is 0 Å². The first-order chi connectivity index (χ1) is 8.20. The summed E-state index contributed by atoms with van der Waals surface area (Å²) in [6.45, 7) is 0.114. The third kappa shape index (κ3) is 2.39. The van der Waals surface area contributed by atoms with E-state index in [0.717, 1.165) is 11.3 Å². The Labute approximate surface area is 99.1 Å². The summed E-state index contributed by atoms with van der Waals surface area (Å²) in [5.74, 6) is 0.533. The third-order valence-electron chi connectivity index (χ3n) is 2.31. The highest BCUT2D eigenvalue weighted by Crippen LogP contribution is 2.18. The maximum Gasteiger partial charge on any atom is 0.204 e. The van der Waals surface area contributed by atoms with E-state index >= 15 is 0 Å². The number of benzene rings is 1. The lowest BCUT2D eigenvalue weighted by molar-refractivity contribution is 0.589. The van der Waals surface area contributed by atoms with Crippen LogP contribution < -0.4 is 4.90 Å². The second-order valence-corrected chi connectivity index (χ2v) is 3.74. The van der Waals surface area contributed by atoms with Gasteiger partial charge in [0.15, 0.2) is 0 Å². The lowest BCUT2D eigenvalue weighted by Crippen LogP contribution is -2.07. The first-order valence-corrected chi connectivity index (χ1v) is 5.13. The van der Waals surface area contributed by atoms with Crippen LogP contribution in [0, 0.1) is 11.3 Å². The van der Waals surface area contributed by atoms with Gasteiger partial charge in [0.25, 0.3) is 0 Å². The van der Waals surface area contributed by atoms with Gasteiger partial charge in [0.2, 0.25) is 5.82 Å². The molecule has 0 aliphatic carbocycles. The van der Waals surface area contributed by atoms with Gasteiger partial charge in [0.05, 0.1) is 6.07 Å². The molecule has 0 aliphatic rings. The molecule has 0 saturated carbocycles. The molecule has 0 aliphatic heterocycles. The van der Waals surface area contributed by atoms with E-state index in [1.54, 1.807) is 0 Å². The summed E-state index contributed by atoms with van der Waals surface area (Å²) in [5, 5.41) is 20.3. The first-order valence-electron chi connectivity index (χ1n) is 5.13. The van der Waals surface area contributed by atoms with Gasteiger partial charge in [-0.15, -0.1) is 15.0 Å². The number of nitriles is 1. The zero-order chi connectivity index (χ0) is 12.3. The Kier molecular flexibility index (Phi) is 3.01. The average molecular weight is 228 g/mol. The second kappa shape index (κ2) is 4.61. The van der Waals surface area contributed by atoms with Crippen molar-refractivity contribution < 1.29 is 0 Å². The molecule has 0 spiro atoms. The van der Waals surface area contributed by atoms with Gasteiger partial charge in [-0.25, -0.2) is 0 Å². The molecule has 6 nitrogen and oxygen atoms in total. The molecule has 0 saturated heterocycles. The Bertz CT molecular complexity index is 534. The number of hydrogen-bond acceptors (Lipinski definition) is 5. The molecule has 1 heterocycles. The number of hydrogen-bond donors (Lipinski definition) is 0. The van der Waals surface area contributed by atoms with Crippen molar-refractivity contribution in [1.29, 1.82) is 5.26 Å². The maximum absolute atomic E-state index is 8.51. The molecule has 0 bridgehead atoms. The highest BCUT2D eigenvalue weighted by molar-refractivity contribution is 5.59. The van der Waals surface area contributed by atoms with Crippen molar-refractivity contribution >= 4 is 5.69 Å². The monoisotopic (exact) mass is 228 g/mol. The second-order valence-electron chi connectivity index (χ2n) is 3.74. The van der Waals surface area contributed by atoms with Gasteiger partial charge in [-0.2, -0.15) is 5.26 Å². The largest absolute Gasteiger partial charge is 0.378 e. The molecule has 6 heteroatoms. The normalized spacial score (nSPS) is 9.94. The van der Waals surface area contributed by atoms with Crippen LogP contribution in [0.25, 0.3) is 11.4 Å². The van der Waals surface area contributed by atoms with Gasteiger partial charge >= 0.3 is 0 Å². The molecular weight excluding hydrogens is 216 g/mol. The fraction of sp³-hybridized carbons (Fsp3) is 0.273. The highest BCUT2D eigenvalue weighted by atomic mass is 15.6. The van der Waals surface area contributed by atoms with Crippen LogP contribution in [0.3, 0.4) is 0 Å². The molecule has 0 atom stereocenters. The van der Waals surface area contributed by atoms with Crippen LogP contribution in [0.1, 0.15) is 0 Å². The zero-order valence-corrected chi connectivity index (χ0v) is 9.70. The van der Waals surface area contributed by atoms with Crippen molar-refractivity contribution in [3.8, 4) is 17.5 Å². The molecule has 2 rings (SSSR count). The van der Waals surface area contributed by atoms with E-state index < -0.39 is 0 Å². The molecule has 2 aromatic rings. The summed E-state index contributed by atoms with van der Waals surface area (Å²) in [7, 11) is 3.97. The Morgan fingerprint density at radius 1 is 1.29 bits per heavy atom. The van der Waals surface area contributed by atoms with Gasteiger partial charge in [0, 0.05) is 25.3 Å². The van der Waals surface area contributed by atoms with Crippen LogP contribution in [0.4, 0.5) is 5.69 Å². The van der Waals surface area contributed by atoms with Crippen LogP contribution in [0.15, 0.2) is 24.3 Å². The van der Waals surface area contributed by atoms with E-state index in [-0.39, 0.29) is 6.54 Å². The summed E-state index contributed by atoms with van der Waals surface area (Å²) >= 11 is 0. The fourth-order valence-electron chi connectivity index (χ4n) is 1.40. The van der Waals surface area contributed by atoms with Crippen LogP contribution >= 0.6 is 0 Å². The smallest absolute Gasteiger partial charge is 0.204 e. The van der Waals surface area contributed by atoms with E-state index in [0.29, 0.717) is 5.82 Å². The lowest BCUT2D eigenvalue weighted by Gasteiger charge is -2.11. The summed E-state index contributed by atoms with van der Waals surface area (Å²) in [6, 6.07) is 9.80. The number of nitrogens with zero attached hydrogens (tertiary/aromatic N) is 6. The molecule has 1 aromatic carbocycles. The summed E-state index contributed by atoms with van der Waals surface area (Å²) in [6.07, 6.45) is 0. The van der Waals surface area contributed by atoms with Gasteiger partial charge in [0.1, 0.15) is 6.54 Å². The first kappa shape index (κ1) is 11.1. The average Bonchev–Trinajstić information content (AvgIpc) is 2.78. The Morgan fingerprint density at radius 2 is 2.00 bits per heavy atom. The summed E-state index contributed by atoms with van der Waals surface area (Å²) in [5.41, 5.74) is 2.00. The van der Waals surface area contributed by atoms with Gasteiger partial charge < -0.3 is 4.90 Å². The molecule has 0 fully saturated rings. The molecule has 0 radical (unpaired) electrons. The van der Waals surface area contributed by atoms with Crippen LogP contribution in [0.5, 0.6) is 0 Å². The standard InChI is InChI=1S/C11H12N6/c1-16(2)10-5-3-9(4-6-10)11-13-15-17(14-11)8-7-12/h3-6H,8H2,1-2H3. The van der Waals surface area contributed by atoms with E-state index in [9.17, 15) is 0 Å². The quantitative estimate of drug-likeness (QED) is 0.781. The molecule has 0 amide bonds. The van der Waals surface area contributed by atoms with Crippen molar-refractivity contribution in [2.45, 2.75) is 6.54 Å². The minimum absolute atomic E-state index is 0.114.